The fourth-order valence-corrected chi connectivity index (χ4v) is 1.91. The average molecular weight is 379 g/mol. The summed E-state index contributed by atoms with van der Waals surface area (Å²) in [5.74, 6) is -1.63. The monoisotopic (exact) mass is 379 g/mol. The van der Waals surface area contributed by atoms with Crippen LogP contribution in [-0.4, -0.2) is 55.2 Å². The van der Waals surface area contributed by atoms with E-state index in [1.807, 2.05) is 30.3 Å². The van der Waals surface area contributed by atoms with E-state index in [-0.39, 0.29) is 6.61 Å². The second-order valence-corrected chi connectivity index (χ2v) is 5.35. The summed E-state index contributed by atoms with van der Waals surface area (Å²) >= 11 is 0. The maximum absolute atomic E-state index is 12.1. The average Bonchev–Trinajstić information content (AvgIpc) is 2.67. The molecule has 0 fully saturated rings. The van der Waals surface area contributed by atoms with E-state index in [1.54, 1.807) is 12.2 Å². The number of benzene rings is 1. The van der Waals surface area contributed by atoms with Gasteiger partial charge < -0.3 is 20.1 Å². The van der Waals surface area contributed by atoms with Gasteiger partial charge in [0.15, 0.2) is 6.04 Å². The summed E-state index contributed by atoms with van der Waals surface area (Å²) in [6.45, 7) is 0.578. The van der Waals surface area contributed by atoms with Crippen LogP contribution in [0.2, 0.25) is 0 Å². The van der Waals surface area contributed by atoms with Crippen molar-refractivity contribution >= 4 is 24.0 Å². The lowest BCUT2D eigenvalue weighted by molar-refractivity contribution is -0.519. The molecule has 10 nitrogen and oxygen atoms in total. The highest BCUT2D eigenvalue weighted by molar-refractivity contribution is 5.88. The fraction of sp³-hybridized carbons (Fsp3) is 0.353. The van der Waals surface area contributed by atoms with Crippen LogP contribution in [0.25, 0.3) is 6.08 Å². The van der Waals surface area contributed by atoms with Gasteiger partial charge in [-0.1, -0.05) is 36.4 Å². The molecule has 2 N–H and O–H groups in total. The van der Waals surface area contributed by atoms with Gasteiger partial charge in [-0.25, -0.2) is 4.79 Å². The smallest absolute Gasteiger partial charge is 0.408 e. The van der Waals surface area contributed by atoms with Crippen molar-refractivity contribution in [3.8, 4) is 0 Å². The molecule has 2 amide bonds. The van der Waals surface area contributed by atoms with E-state index in [0.29, 0.717) is 0 Å². The summed E-state index contributed by atoms with van der Waals surface area (Å²) in [4.78, 5) is 45.2. The van der Waals surface area contributed by atoms with Crippen LogP contribution in [0, 0.1) is 10.1 Å². The van der Waals surface area contributed by atoms with E-state index in [4.69, 9.17) is 4.74 Å². The third-order valence-corrected chi connectivity index (χ3v) is 3.43. The first-order chi connectivity index (χ1) is 12.8. The standard InChI is InChI=1S/C17H21N3O7/c1-12(20(24)25)15(16(22)18-11-14(21)26-2)19-17(23)27-10-6-9-13-7-4-3-5-8-13/h3-9,12,15H,10-11H2,1-2H3,(H,18,22)(H,19,23)/b9-6+. The Morgan fingerprint density at radius 3 is 2.52 bits per heavy atom. The minimum absolute atomic E-state index is 0.0932. The van der Waals surface area contributed by atoms with Gasteiger partial charge in [-0.2, -0.15) is 0 Å². The second-order valence-electron chi connectivity index (χ2n) is 5.35. The van der Waals surface area contributed by atoms with Crippen LogP contribution in [0.5, 0.6) is 0 Å². The molecular formula is C17H21N3O7. The molecule has 0 aliphatic heterocycles. The maximum Gasteiger partial charge on any atom is 0.408 e. The van der Waals surface area contributed by atoms with Crippen LogP contribution in [-0.2, 0) is 19.1 Å². The summed E-state index contributed by atoms with van der Waals surface area (Å²) in [7, 11) is 1.13. The molecule has 0 aliphatic carbocycles. The summed E-state index contributed by atoms with van der Waals surface area (Å²) in [5.41, 5.74) is 0.906. The van der Waals surface area contributed by atoms with E-state index < -0.39 is 41.5 Å². The Bertz CT molecular complexity index is 691. The third-order valence-electron chi connectivity index (χ3n) is 3.43. The maximum atomic E-state index is 12.1. The molecule has 0 aromatic heterocycles. The van der Waals surface area contributed by atoms with Gasteiger partial charge in [0.05, 0.1) is 7.11 Å². The van der Waals surface area contributed by atoms with Crippen molar-refractivity contribution < 1.29 is 28.8 Å². The van der Waals surface area contributed by atoms with Crippen molar-refractivity contribution in [1.29, 1.82) is 0 Å². The van der Waals surface area contributed by atoms with E-state index >= 15 is 0 Å². The van der Waals surface area contributed by atoms with Crippen LogP contribution in [0.1, 0.15) is 12.5 Å². The molecule has 146 valence electrons. The summed E-state index contributed by atoms with van der Waals surface area (Å²) in [5, 5.41) is 15.3. The second kappa shape index (κ2) is 11.2. The highest BCUT2D eigenvalue weighted by Gasteiger charge is 2.35. The molecular weight excluding hydrogens is 358 g/mol. The molecule has 2 unspecified atom stereocenters. The first-order valence-corrected chi connectivity index (χ1v) is 7.98. The zero-order valence-corrected chi connectivity index (χ0v) is 14.9. The van der Waals surface area contributed by atoms with Crippen molar-refractivity contribution in [2.45, 2.75) is 19.0 Å². The largest absolute Gasteiger partial charge is 0.468 e. The number of ether oxygens (including phenoxy) is 2. The number of carbonyl (C=O) groups is 3. The zero-order valence-electron chi connectivity index (χ0n) is 14.9. The van der Waals surface area contributed by atoms with Gasteiger partial charge in [0.2, 0.25) is 11.9 Å². The number of amides is 2. The lowest BCUT2D eigenvalue weighted by Crippen LogP contribution is -2.55. The quantitative estimate of drug-likeness (QED) is 0.367. The van der Waals surface area contributed by atoms with E-state index in [0.717, 1.165) is 19.6 Å². The third kappa shape index (κ3) is 7.99. The van der Waals surface area contributed by atoms with Gasteiger partial charge in [-0.05, 0) is 11.6 Å². The molecule has 1 rings (SSSR count). The van der Waals surface area contributed by atoms with Gasteiger partial charge in [0.1, 0.15) is 13.2 Å². The van der Waals surface area contributed by atoms with E-state index in [2.05, 4.69) is 15.4 Å². The molecule has 2 atom stereocenters. The van der Waals surface area contributed by atoms with Crippen molar-refractivity contribution in [2.24, 2.45) is 0 Å². The normalized spacial score (nSPS) is 12.7. The van der Waals surface area contributed by atoms with E-state index in [1.165, 1.54) is 0 Å². The summed E-state index contributed by atoms with van der Waals surface area (Å²) in [6, 6.07) is 6.33. The molecule has 0 radical (unpaired) electrons. The first kappa shape index (κ1) is 21.6. The lowest BCUT2D eigenvalue weighted by atomic mass is 10.1. The van der Waals surface area contributed by atoms with Crippen molar-refractivity contribution in [2.75, 3.05) is 20.3 Å². The van der Waals surface area contributed by atoms with Gasteiger partial charge >= 0.3 is 12.1 Å². The highest BCUT2D eigenvalue weighted by Crippen LogP contribution is 2.02. The van der Waals surface area contributed by atoms with Crippen LogP contribution < -0.4 is 10.6 Å². The number of nitrogens with one attached hydrogen (secondary N) is 2. The highest BCUT2D eigenvalue weighted by atomic mass is 16.6. The van der Waals surface area contributed by atoms with E-state index in [9.17, 15) is 24.5 Å². The Balaban J connectivity index is 2.59. The van der Waals surface area contributed by atoms with Crippen molar-refractivity contribution in [3.05, 3.63) is 52.1 Å². The number of hydrogen-bond donors (Lipinski definition) is 2. The molecule has 10 heteroatoms. The van der Waals surface area contributed by atoms with Crippen LogP contribution >= 0.6 is 0 Å². The van der Waals surface area contributed by atoms with Gasteiger partial charge in [0.25, 0.3) is 0 Å². The number of carbonyl (C=O) groups excluding carboxylic acids is 3. The minimum atomic E-state index is -1.52. The Kier molecular flexibility index (Phi) is 8.99. The number of hydrogen-bond acceptors (Lipinski definition) is 7. The summed E-state index contributed by atoms with van der Waals surface area (Å²) < 4.78 is 9.25. The number of methoxy groups -OCH3 is 1. The van der Waals surface area contributed by atoms with Crippen LogP contribution in [0.3, 0.4) is 0 Å². The Morgan fingerprint density at radius 1 is 1.26 bits per heavy atom. The predicted molar refractivity (Wildman–Crippen MR) is 95.2 cm³/mol. The molecule has 1 aromatic carbocycles. The molecule has 0 bridgehead atoms. The Labute approximate surface area is 155 Å². The number of nitrogens with zero attached hydrogens (tertiary/aromatic N) is 1. The van der Waals surface area contributed by atoms with Crippen LogP contribution in [0.15, 0.2) is 36.4 Å². The molecule has 27 heavy (non-hydrogen) atoms. The van der Waals surface area contributed by atoms with Crippen LogP contribution in [0.4, 0.5) is 4.79 Å². The molecule has 0 spiro atoms. The van der Waals surface area contributed by atoms with Crippen molar-refractivity contribution in [1.82, 2.24) is 10.6 Å². The Morgan fingerprint density at radius 2 is 1.93 bits per heavy atom. The topological polar surface area (TPSA) is 137 Å². The van der Waals surface area contributed by atoms with Gasteiger partial charge in [-0.3, -0.25) is 19.7 Å². The Hall–Kier alpha value is -3.43. The molecule has 0 saturated carbocycles. The first-order valence-electron chi connectivity index (χ1n) is 7.98. The number of rotatable bonds is 9. The number of alkyl carbamates (subject to hydrolysis) is 1. The molecule has 0 aliphatic rings. The predicted octanol–water partition coefficient (Wildman–Crippen LogP) is 0.749. The lowest BCUT2D eigenvalue weighted by Gasteiger charge is -2.18. The molecule has 0 heterocycles. The number of nitro groups is 1. The summed E-state index contributed by atoms with van der Waals surface area (Å²) in [6.07, 6.45) is 2.31. The number of esters is 1. The minimum Gasteiger partial charge on any atom is -0.468 e. The SMILES string of the molecule is COC(=O)CNC(=O)C(NC(=O)OC/C=C/c1ccccc1)C(C)[N+](=O)[O-]. The van der Waals surface area contributed by atoms with Gasteiger partial charge in [-0.15, -0.1) is 0 Å². The van der Waals surface area contributed by atoms with Crippen molar-refractivity contribution in [3.63, 3.8) is 0 Å². The molecule has 0 saturated heterocycles. The fourth-order valence-electron chi connectivity index (χ4n) is 1.91. The zero-order chi connectivity index (χ0) is 20.2. The molecule has 1 aromatic rings. The van der Waals surface area contributed by atoms with Gasteiger partial charge in [0, 0.05) is 11.8 Å².